The highest BCUT2D eigenvalue weighted by atomic mass is 19.1. The van der Waals surface area contributed by atoms with Gasteiger partial charge >= 0.3 is 0 Å². The summed E-state index contributed by atoms with van der Waals surface area (Å²) in [7, 11) is 0. The van der Waals surface area contributed by atoms with Gasteiger partial charge in [0.2, 0.25) is 5.91 Å². The van der Waals surface area contributed by atoms with Crippen LogP contribution in [0.1, 0.15) is 6.92 Å². The molecule has 0 spiro atoms. The van der Waals surface area contributed by atoms with Crippen LogP contribution in [0, 0.1) is 5.82 Å². The molecule has 4 nitrogen and oxygen atoms in total. The fourth-order valence-electron chi connectivity index (χ4n) is 1.91. The number of rotatable bonds is 2. The lowest BCUT2D eigenvalue weighted by Crippen LogP contribution is -2.37. The quantitative estimate of drug-likeness (QED) is 0.851. The Bertz CT molecular complexity index is 417. The van der Waals surface area contributed by atoms with Gasteiger partial charge in [0.05, 0.1) is 24.6 Å². The molecule has 1 saturated heterocycles. The maximum absolute atomic E-state index is 13.9. The second-order valence-electron chi connectivity index (χ2n) is 3.92. The molecule has 1 N–H and O–H groups in total. The summed E-state index contributed by atoms with van der Waals surface area (Å²) in [4.78, 5) is 13.0. The molecule has 0 bridgehead atoms. The van der Waals surface area contributed by atoms with E-state index in [1.165, 1.54) is 13.0 Å². The number of amides is 1. The third-order valence-electron chi connectivity index (χ3n) is 2.62. The number of hydrogen-bond acceptors (Lipinski definition) is 3. The van der Waals surface area contributed by atoms with Crippen molar-refractivity contribution in [1.82, 2.24) is 0 Å². The average molecular weight is 238 g/mol. The molecular formula is C12H15FN2O2. The lowest BCUT2D eigenvalue weighted by Gasteiger charge is -2.30. The zero-order valence-corrected chi connectivity index (χ0v) is 9.70. The minimum absolute atomic E-state index is 0.204. The van der Waals surface area contributed by atoms with E-state index in [-0.39, 0.29) is 11.7 Å². The van der Waals surface area contributed by atoms with E-state index in [2.05, 4.69) is 5.32 Å². The van der Waals surface area contributed by atoms with Crippen molar-refractivity contribution in [3.05, 3.63) is 24.0 Å². The Hall–Kier alpha value is -1.62. The smallest absolute Gasteiger partial charge is 0.221 e. The van der Waals surface area contributed by atoms with E-state index < -0.39 is 0 Å². The number of carbonyl (C=O) groups excluding carboxylic acids is 1. The van der Waals surface area contributed by atoms with Crippen LogP contribution in [0.5, 0.6) is 0 Å². The van der Waals surface area contributed by atoms with Gasteiger partial charge in [0.25, 0.3) is 0 Å². The second kappa shape index (κ2) is 5.14. The first-order valence-corrected chi connectivity index (χ1v) is 5.57. The molecule has 17 heavy (non-hydrogen) atoms. The molecule has 2 rings (SSSR count). The van der Waals surface area contributed by atoms with Crippen LogP contribution in [0.15, 0.2) is 18.2 Å². The van der Waals surface area contributed by atoms with Crippen LogP contribution in [0.3, 0.4) is 0 Å². The number of nitrogens with zero attached hydrogens (tertiary/aromatic N) is 1. The maximum atomic E-state index is 13.9. The van der Waals surface area contributed by atoms with Crippen molar-refractivity contribution in [2.75, 3.05) is 36.5 Å². The molecule has 1 heterocycles. The highest BCUT2D eigenvalue weighted by Crippen LogP contribution is 2.29. The Morgan fingerprint density at radius 2 is 2.12 bits per heavy atom. The molecule has 0 atom stereocenters. The molecule has 1 aliphatic rings. The molecule has 1 aromatic carbocycles. The Labute approximate surface area is 99.4 Å². The lowest BCUT2D eigenvalue weighted by molar-refractivity contribution is -0.114. The predicted octanol–water partition coefficient (Wildman–Crippen LogP) is 1.62. The van der Waals surface area contributed by atoms with Gasteiger partial charge in [0.1, 0.15) is 5.82 Å². The van der Waals surface area contributed by atoms with Crippen LogP contribution in [-0.4, -0.2) is 32.2 Å². The van der Waals surface area contributed by atoms with Gasteiger partial charge in [-0.05, 0) is 12.1 Å². The standard InChI is InChI=1S/C12H15FN2O2/c1-9(16)14-11-4-2-3-10(13)12(11)15-5-7-17-8-6-15/h2-4H,5-8H2,1H3,(H,14,16). The van der Waals surface area contributed by atoms with Crippen LogP contribution in [0.4, 0.5) is 15.8 Å². The van der Waals surface area contributed by atoms with Gasteiger partial charge < -0.3 is 15.0 Å². The van der Waals surface area contributed by atoms with Gasteiger partial charge in [-0.25, -0.2) is 4.39 Å². The van der Waals surface area contributed by atoms with Gasteiger partial charge in [-0.3, -0.25) is 4.79 Å². The molecule has 5 heteroatoms. The van der Waals surface area contributed by atoms with Gasteiger partial charge in [0, 0.05) is 20.0 Å². The molecule has 0 radical (unpaired) electrons. The van der Waals surface area contributed by atoms with Crippen LogP contribution in [0.25, 0.3) is 0 Å². The minimum atomic E-state index is -0.321. The van der Waals surface area contributed by atoms with E-state index in [4.69, 9.17) is 4.74 Å². The number of hydrogen-bond donors (Lipinski definition) is 1. The summed E-state index contributed by atoms with van der Waals surface area (Å²) in [5, 5.41) is 2.65. The lowest BCUT2D eigenvalue weighted by atomic mass is 10.2. The molecule has 1 aromatic rings. The zero-order valence-electron chi connectivity index (χ0n) is 9.70. The first-order valence-electron chi connectivity index (χ1n) is 5.57. The number of morpholine rings is 1. The normalized spacial score (nSPS) is 15.8. The summed E-state index contributed by atoms with van der Waals surface area (Å²) in [6.45, 7) is 3.83. The highest BCUT2D eigenvalue weighted by Gasteiger charge is 2.19. The highest BCUT2D eigenvalue weighted by molar-refractivity contribution is 5.92. The van der Waals surface area contributed by atoms with Crippen molar-refractivity contribution in [3.8, 4) is 0 Å². The van der Waals surface area contributed by atoms with Gasteiger partial charge in [-0.15, -0.1) is 0 Å². The first kappa shape index (κ1) is 11.9. The van der Waals surface area contributed by atoms with Crippen molar-refractivity contribution in [2.24, 2.45) is 0 Å². The Kier molecular flexibility index (Phi) is 3.58. The second-order valence-corrected chi connectivity index (χ2v) is 3.92. The zero-order chi connectivity index (χ0) is 12.3. The molecule has 0 aromatic heterocycles. The number of carbonyl (C=O) groups is 1. The van der Waals surface area contributed by atoms with Crippen molar-refractivity contribution in [3.63, 3.8) is 0 Å². The van der Waals surface area contributed by atoms with Crippen LogP contribution >= 0.6 is 0 Å². The average Bonchev–Trinajstić information content (AvgIpc) is 2.29. The Morgan fingerprint density at radius 1 is 1.41 bits per heavy atom. The molecule has 1 fully saturated rings. The van der Waals surface area contributed by atoms with E-state index in [1.807, 2.05) is 4.90 Å². The Morgan fingerprint density at radius 3 is 2.76 bits per heavy atom. The topological polar surface area (TPSA) is 41.6 Å². The summed E-state index contributed by atoms with van der Waals surface area (Å²) >= 11 is 0. The molecule has 0 unspecified atom stereocenters. The molecular weight excluding hydrogens is 223 g/mol. The largest absolute Gasteiger partial charge is 0.378 e. The van der Waals surface area contributed by atoms with E-state index in [0.717, 1.165) is 0 Å². The monoisotopic (exact) mass is 238 g/mol. The summed E-state index contributed by atoms with van der Waals surface area (Å²) in [5.41, 5.74) is 0.963. The Balaban J connectivity index is 2.31. The van der Waals surface area contributed by atoms with Crippen molar-refractivity contribution in [1.29, 1.82) is 0 Å². The number of ether oxygens (including phenoxy) is 1. The number of para-hydroxylation sites is 1. The van der Waals surface area contributed by atoms with E-state index in [1.54, 1.807) is 12.1 Å². The van der Waals surface area contributed by atoms with Crippen molar-refractivity contribution >= 4 is 17.3 Å². The fraction of sp³-hybridized carbons (Fsp3) is 0.417. The van der Waals surface area contributed by atoms with Crippen molar-refractivity contribution in [2.45, 2.75) is 6.92 Å². The van der Waals surface area contributed by atoms with Crippen LogP contribution < -0.4 is 10.2 Å². The summed E-state index contributed by atoms with van der Waals surface area (Å²) < 4.78 is 19.1. The van der Waals surface area contributed by atoms with Gasteiger partial charge in [-0.1, -0.05) is 6.07 Å². The molecule has 0 aliphatic carbocycles. The predicted molar refractivity (Wildman–Crippen MR) is 63.7 cm³/mol. The van der Waals surface area contributed by atoms with Crippen LogP contribution in [0.2, 0.25) is 0 Å². The number of anilines is 2. The van der Waals surface area contributed by atoms with E-state index in [9.17, 15) is 9.18 Å². The third-order valence-corrected chi connectivity index (χ3v) is 2.62. The number of nitrogens with one attached hydrogen (secondary N) is 1. The number of benzene rings is 1. The number of halogens is 1. The molecule has 92 valence electrons. The fourth-order valence-corrected chi connectivity index (χ4v) is 1.91. The molecule has 1 amide bonds. The maximum Gasteiger partial charge on any atom is 0.221 e. The van der Waals surface area contributed by atoms with Gasteiger partial charge in [0.15, 0.2) is 0 Å². The van der Waals surface area contributed by atoms with Crippen LogP contribution in [-0.2, 0) is 9.53 Å². The molecule has 0 saturated carbocycles. The van der Waals surface area contributed by atoms with E-state index >= 15 is 0 Å². The summed E-state index contributed by atoms with van der Waals surface area (Å²) in [6.07, 6.45) is 0. The van der Waals surface area contributed by atoms with Gasteiger partial charge in [-0.2, -0.15) is 0 Å². The van der Waals surface area contributed by atoms with E-state index in [0.29, 0.717) is 37.7 Å². The molecule has 1 aliphatic heterocycles. The first-order chi connectivity index (χ1) is 8.18. The van der Waals surface area contributed by atoms with Crippen molar-refractivity contribution < 1.29 is 13.9 Å². The summed E-state index contributed by atoms with van der Waals surface area (Å²) in [5.74, 6) is -0.525. The summed E-state index contributed by atoms with van der Waals surface area (Å²) in [6, 6.07) is 4.69. The SMILES string of the molecule is CC(=O)Nc1cccc(F)c1N1CCOCC1. The minimum Gasteiger partial charge on any atom is -0.378 e. The third kappa shape index (κ3) is 2.74.